The highest BCUT2D eigenvalue weighted by molar-refractivity contribution is 5.34. The minimum atomic E-state index is 0.183. The van der Waals surface area contributed by atoms with Crippen LogP contribution in [0.15, 0.2) is 0 Å². The molecule has 7 nitrogen and oxygen atoms in total. The van der Waals surface area contributed by atoms with Gasteiger partial charge in [-0.05, 0) is 112 Å². The number of aryl methyl sites for hydroxylation is 1. The zero-order valence-electron chi connectivity index (χ0n) is 24.8. The summed E-state index contributed by atoms with van der Waals surface area (Å²) in [7, 11) is 0. The fraction of sp³-hybridized carbons (Fsp3) is 0.897. The molecule has 3 heterocycles. The lowest BCUT2D eigenvalue weighted by atomic mass is 9.75. The lowest BCUT2D eigenvalue weighted by Gasteiger charge is -2.46. The molecule has 1 aromatic rings. The third-order valence-corrected chi connectivity index (χ3v) is 7.66. The van der Waals surface area contributed by atoms with Gasteiger partial charge in [0.05, 0.1) is 0 Å². The third-order valence-electron chi connectivity index (χ3n) is 7.66. The molecule has 2 aliphatic rings. The Morgan fingerprint density at radius 1 is 0.667 bits per heavy atom. The van der Waals surface area contributed by atoms with E-state index in [0.29, 0.717) is 11.8 Å². The number of hydrogen-bond acceptors (Lipinski definition) is 7. The topological polar surface area (TPSA) is 86.8 Å². The maximum Gasteiger partial charge on any atom is 0.227 e. The van der Waals surface area contributed by atoms with E-state index in [9.17, 15) is 0 Å². The van der Waals surface area contributed by atoms with Gasteiger partial charge in [0, 0.05) is 41.7 Å². The first-order chi connectivity index (χ1) is 16.7. The van der Waals surface area contributed by atoms with Crippen LogP contribution in [0, 0.1) is 11.8 Å². The molecule has 36 heavy (non-hydrogen) atoms. The van der Waals surface area contributed by atoms with Crippen molar-refractivity contribution in [2.75, 3.05) is 23.7 Å². The summed E-state index contributed by atoms with van der Waals surface area (Å²) in [4.78, 5) is 14.3. The standard InChI is InChI=1S/C29H55N7/c1-10-11-12-23-32-24(30-15-13-21-17-26(2,3)35-27(4,5)18-21)34-25(33-23)31-16-14-22-19-28(6,7)36-29(8,9)20-22/h21-22,35-36H,10-20H2,1-9H3,(H2,30,31,32,33,34). The van der Waals surface area contributed by atoms with Crippen molar-refractivity contribution in [1.82, 2.24) is 25.6 Å². The summed E-state index contributed by atoms with van der Waals surface area (Å²) >= 11 is 0. The molecule has 206 valence electrons. The van der Waals surface area contributed by atoms with Crippen LogP contribution in [-0.4, -0.2) is 50.2 Å². The maximum atomic E-state index is 4.75. The molecule has 0 unspecified atom stereocenters. The molecular weight excluding hydrogens is 446 g/mol. The molecule has 0 aromatic carbocycles. The number of nitrogens with one attached hydrogen (secondary N) is 4. The molecule has 2 saturated heterocycles. The quantitative estimate of drug-likeness (QED) is 0.299. The summed E-state index contributed by atoms with van der Waals surface area (Å²) in [6.45, 7) is 22.6. The molecule has 0 amide bonds. The number of unbranched alkanes of at least 4 members (excludes halogenated alkanes) is 1. The van der Waals surface area contributed by atoms with Gasteiger partial charge in [-0.2, -0.15) is 15.0 Å². The smallest absolute Gasteiger partial charge is 0.227 e. The summed E-state index contributed by atoms with van der Waals surface area (Å²) in [6.07, 6.45) is 10.2. The molecule has 0 radical (unpaired) electrons. The van der Waals surface area contributed by atoms with Crippen molar-refractivity contribution in [1.29, 1.82) is 0 Å². The summed E-state index contributed by atoms with van der Waals surface area (Å²) < 4.78 is 0. The van der Waals surface area contributed by atoms with Crippen LogP contribution in [0.25, 0.3) is 0 Å². The van der Waals surface area contributed by atoms with E-state index in [1.54, 1.807) is 0 Å². The monoisotopic (exact) mass is 501 g/mol. The highest BCUT2D eigenvalue weighted by atomic mass is 15.2. The summed E-state index contributed by atoms with van der Waals surface area (Å²) in [5.74, 6) is 3.72. The van der Waals surface area contributed by atoms with Gasteiger partial charge in [-0.25, -0.2) is 0 Å². The predicted octanol–water partition coefficient (Wildman–Crippen LogP) is 5.93. The number of rotatable bonds is 11. The van der Waals surface area contributed by atoms with E-state index in [1.807, 2.05) is 0 Å². The van der Waals surface area contributed by atoms with Crippen molar-refractivity contribution in [3.63, 3.8) is 0 Å². The van der Waals surface area contributed by atoms with Crippen LogP contribution in [0.1, 0.15) is 120 Å². The van der Waals surface area contributed by atoms with E-state index in [2.05, 4.69) is 83.6 Å². The number of nitrogens with zero attached hydrogens (tertiary/aromatic N) is 3. The minimum absolute atomic E-state index is 0.183. The third kappa shape index (κ3) is 9.44. The molecule has 7 heteroatoms. The molecule has 1 aromatic heterocycles. The van der Waals surface area contributed by atoms with E-state index in [-0.39, 0.29) is 22.2 Å². The Hall–Kier alpha value is -1.47. The van der Waals surface area contributed by atoms with Crippen LogP contribution in [0.4, 0.5) is 11.9 Å². The van der Waals surface area contributed by atoms with Gasteiger partial charge in [-0.1, -0.05) is 13.3 Å². The van der Waals surface area contributed by atoms with Crippen molar-refractivity contribution in [3.05, 3.63) is 5.82 Å². The highest BCUT2D eigenvalue weighted by Crippen LogP contribution is 2.35. The largest absolute Gasteiger partial charge is 0.354 e. The zero-order chi connectivity index (χ0) is 26.6. The predicted molar refractivity (Wildman–Crippen MR) is 153 cm³/mol. The van der Waals surface area contributed by atoms with E-state index in [1.165, 1.54) is 25.7 Å². The second kappa shape index (κ2) is 11.5. The number of anilines is 2. The van der Waals surface area contributed by atoms with Gasteiger partial charge < -0.3 is 21.3 Å². The second-order valence-corrected chi connectivity index (χ2v) is 14.3. The Morgan fingerprint density at radius 3 is 1.42 bits per heavy atom. The van der Waals surface area contributed by atoms with Crippen molar-refractivity contribution in [2.45, 2.75) is 142 Å². The molecule has 3 rings (SSSR count). The first-order valence-electron chi connectivity index (χ1n) is 14.5. The Kier molecular flexibility index (Phi) is 9.30. The second-order valence-electron chi connectivity index (χ2n) is 14.3. The average molecular weight is 502 g/mol. The lowest BCUT2D eigenvalue weighted by Crippen LogP contribution is -2.57. The summed E-state index contributed by atoms with van der Waals surface area (Å²) in [5.41, 5.74) is 0.733. The van der Waals surface area contributed by atoms with E-state index in [4.69, 9.17) is 15.0 Å². The first kappa shape index (κ1) is 29.1. The number of piperidine rings is 2. The zero-order valence-corrected chi connectivity index (χ0v) is 24.8. The van der Waals surface area contributed by atoms with Crippen LogP contribution in [0.5, 0.6) is 0 Å². The summed E-state index contributed by atoms with van der Waals surface area (Å²) in [6, 6.07) is 0. The van der Waals surface area contributed by atoms with Crippen LogP contribution in [-0.2, 0) is 6.42 Å². The van der Waals surface area contributed by atoms with Gasteiger partial charge in [-0.15, -0.1) is 0 Å². The fourth-order valence-electron chi connectivity index (χ4n) is 7.28. The fourth-order valence-corrected chi connectivity index (χ4v) is 7.28. The van der Waals surface area contributed by atoms with Gasteiger partial charge in [0.15, 0.2) is 0 Å². The molecule has 0 bridgehead atoms. The normalized spacial score (nSPS) is 23.4. The van der Waals surface area contributed by atoms with Gasteiger partial charge in [0.1, 0.15) is 5.82 Å². The van der Waals surface area contributed by atoms with Crippen LogP contribution >= 0.6 is 0 Å². The molecule has 2 aliphatic heterocycles. The summed E-state index contributed by atoms with van der Waals surface area (Å²) in [5, 5.41) is 14.7. The van der Waals surface area contributed by atoms with Crippen molar-refractivity contribution in [3.8, 4) is 0 Å². The minimum Gasteiger partial charge on any atom is -0.354 e. The van der Waals surface area contributed by atoms with E-state index in [0.717, 1.165) is 62.9 Å². The Morgan fingerprint density at radius 2 is 1.06 bits per heavy atom. The number of hydrogen-bond donors (Lipinski definition) is 4. The van der Waals surface area contributed by atoms with Gasteiger partial charge in [0.25, 0.3) is 0 Å². The molecular formula is C29H55N7. The molecule has 4 N–H and O–H groups in total. The lowest BCUT2D eigenvalue weighted by molar-refractivity contribution is 0.125. The van der Waals surface area contributed by atoms with Crippen LogP contribution < -0.4 is 21.3 Å². The van der Waals surface area contributed by atoms with Crippen molar-refractivity contribution >= 4 is 11.9 Å². The Labute approximate surface area is 221 Å². The first-order valence-corrected chi connectivity index (χ1v) is 14.5. The Balaban J connectivity index is 1.57. The SMILES string of the molecule is CCCCc1nc(NCCC2CC(C)(C)NC(C)(C)C2)nc(NCCC2CC(C)(C)NC(C)(C)C2)n1. The maximum absolute atomic E-state index is 4.75. The molecule has 0 aliphatic carbocycles. The van der Waals surface area contributed by atoms with Gasteiger partial charge in [0.2, 0.25) is 11.9 Å². The van der Waals surface area contributed by atoms with Crippen LogP contribution in [0.2, 0.25) is 0 Å². The number of aromatic nitrogens is 3. The molecule has 0 saturated carbocycles. The molecule has 0 spiro atoms. The van der Waals surface area contributed by atoms with Gasteiger partial charge in [-0.3, -0.25) is 0 Å². The molecule has 0 atom stereocenters. The Bertz CT molecular complexity index is 752. The van der Waals surface area contributed by atoms with Crippen LogP contribution in [0.3, 0.4) is 0 Å². The van der Waals surface area contributed by atoms with E-state index >= 15 is 0 Å². The highest BCUT2D eigenvalue weighted by Gasteiger charge is 2.38. The van der Waals surface area contributed by atoms with E-state index < -0.39 is 0 Å². The average Bonchev–Trinajstić information content (AvgIpc) is 2.67. The van der Waals surface area contributed by atoms with Crippen molar-refractivity contribution < 1.29 is 0 Å². The van der Waals surface area contributed by atoms with Gasteiger partial charge >= 0.3 is 0 Å². The van der Waals surface area contributed by atoms with Crippen molar-refractivity contribution in [2.24, 2.45) is 11.8 Å². The molecule has 2 fully saturated rings.